The second-order valence-electron chi connectivity index (χ2n) is 5.97. The van der Waals surface area contributed by atoms with E-state index < -0.39 is 23.0 Å². The molecule has 0 aliphatic heterocycles. The molecule has 3 aromatic rings. The van der Waals surface area contributed by atoms with Gasteiger partial charge < -0.3 is 10.1 Å². The van der Waals surface area contributed by atoms with Gasteiger partial charge in [-0.25, -0.2) is 22.8 Å². The Bertz CT molecular complexity index is 1080. The molecule has 0 amide bonds. The minimum Gasteiger partial charge on any atom is -0.481 e. The highest BCUT2D eigenvalue weighted by molar-refractivity contribution is 5.56. The molecule has 0 saturated heterocycles. The number of nitrogens with zero attached hydrogens (tertiary/aromatic N) is 4. The number of nitrogens with one attached hydrogen (secondary N) is 1. The van der Waals surface area contributed by atoms with Gasteiger partial charge in [0.05, 0.1) is 25.0 Å². The summed E-state index contributed by atoms with van der Waals surface area (Å²) in [6, 6.07) is 5.01. The second kappa shape index (κ2) is 7.67. The van der Waals surface area contributed by atoms with E-state index in [9.17, 15) is 18.0 Å². The van der Waals surface area contributed by atoms with Crippen LogP contribution in [0.15, 0.2) is 29.1 Å². The zero-order valence-corrected chi connectivity index (χ0v) is 15.3. The van der Waals surface area contributed by atoms with E-state index in [1.165, 1.54) is 18.7 Å². The molecule has 3 rings (SSSR count). The maximum atomic E-state index is 13.5. The van der Waals surface area contributed by atoms with Crippen molar-refractivity contribution in [2.45, 2.75) is 20.4 Å². The van der Waals surface area contributed by atoms with Gasteiger partial charge in [-0.15, -0.1) is 0 Å². The summed E-state index contributed by atoms with van der Waals surface area (Å²) in [6.45, 7) is 3.04. The van der Waals surface area contributed by atoms with E-state index >= 15 is 0 Å². The maximum Gasteiger partial charge on any atom is 0.296 e. The first kappa shape index (κ1) is 19.3. The van der Waals surface area contributed by atoms with Crippen LogP contribution in [0.4, 0.5) is 24.8 Å². The van der Waals surface area contributed by atoms with Gasteiger partial charge in [-0.1, -0.05) is 0 Å². The molecule has 1 N–H and O–H groups in total. The summed E-state index contributed by atoms with van der Waals surface area (Å²) in [5, 5.41) is 7.04. The van der Waals surface area contributed by atoms with Crippen molar-refractivity contribution in [2.24, 2.45) is 0 Å². The molecule has 0 spiro atoms. The van der Waals surface area contributed by atoms with Gasteiger partial charge in [-0.3, -0.25) is 4.79 Å². The Hall–Kier alpha value is -3.43. The number of hydrogen-bond acceptors (Lipinski definition) is 6. The molecule has 10 heteroatoms. The SMILES string of the molecule is COc1ccc(Nc2nc(=O)c(C)nn2Cc2cc(F)c(F)c(F)c2)c(C)n1. The highest BCUT2D eigenvalue weighted by Gasteiger charge is 2.14. The smallest absolute Gasteiger partial charge is 0.296 e. The maximum absolute atomic E-state index is 13.5. The third-order valence-corrected chi connectivity index (χ3v) is 3.92. The fourth-order valence-corrected chi connectivity index (χ4v) is 2.49. The molecule has 0 bridgehead atoms. The molecule has 0 aliphatic rings. The third kappa shape index (κ3) is 3.95. The third-order valence-electron chi connectivity index (χ3n) is 3.92. The van der Waals surface area contributed by atoms with Gasteiger partial charge in [-0.05, 0) is 37.6 Å². The van der Waals surface area contributed by atoms with Crippen LogP contribution in [0.2, 0.25) is 0 Å². The van der Waals surface area contributed by atoms with Crippen molar-refractivity contribution in [3.8, 4) is 5.88 Å². The van der Waals surface area contributed by atoms with E-state index in [4.69, 9.17) is 4.74 Å². The molecule has 0 aliphatic carbocycles. The van der Waals surface area contributed by atoms with Crippen LogP contribution < -0.4 is 15.6 Å². The molecule has 0 saturated carbocycles. The molecule has 2 aromatic heterocycles. The van der Waals surface area contributed by atoms with E-state index in [1.54, 1.807) is 19.1 Å². The topological polar surface area (TPSA) is 81.9 Å². The molecule has 0 fully saturated rings. The average Bonchev–Trinajstić information content (AvgIpc) is 2.65. The molecular formula is C18H16F3N5O2. The number of benzene rings is 1. The van der Waals surface area contributed by atoms with Crippen molar-refractivity contribution >= 4 is 11.6 Å². The van der Waals surface area contributed by atoms with Crippen LogP contribution in [0.5, 0.6) is 5.88 Å². The molecular weight excluding hydrogens is 375 g/mol. The lowest BCUT2D eigenvalue weighted by Gasteiger charge is -2.15. The summed E-state index contributed by atoms with van der Waals surface area (Å²) in [6.07, 6.45) is 0. The molecule has 1 aromatic carbocycles. The van der Waals surface area contributed by atoms with E-state index in [-0.39, 0.29) is 23.8 Å². The van der Waals surface area contributed by atoms with E-state index in [0.29, 0.717) is 17.3 Å². The van der Waals surface area contributed by atoms with Crippen LogP contribution in [-0.4, -0.2) is 26.9 Å². The summed E-state index contributed by atoms with van der Waals surface area (Å²) in [7, 11) is 1.49. The minimum atomic E-state index is -1.55. The number of aryl methyl sites for hydroxylation is 2. The Morgan fingerprint density at radius 3 is 2.36 bits per heavy atom. The van der Waals surface area contributed by atoms with E-state index in [2.05, 4.69) is 20.4 Å². The zero-order valence-electron chi connectivity index (χ0n) is 15.3. The number of rotatable bonds is 5. The zero-order chi connectivity index (χ0) is 20.4. The molecule has 2 heterocycles. The lowest BCUT2D eigenvalue weighted by molar-refractivity contribution is 0.397. The van der Waals surface area contributed by atoms with Gasteiger partial charge in [0, 0.05) is 6.07 Å². The Morgan fingerprint density at radius 2 is 1.75 bits per heavy atom. The van der Waals surface area contributed by atoms with Gasteiger partial charge >= 0.3 is 0 Å². The monoisotopic (exact) mass is 391 g/mol. The summed E-state index contributed by atoms with van der Waals surface area (Å²) in [5.74, 6) is -3.73. The van der Waals surface area contributed by atoms with Crippen LogP contribution in [0.25, 0.3) is 0 Å². The van der Waals surface area contributed by atoms with Crippen molar-refractivity contribution in [1.29, 1.82) is 0 Å². The van der Waals surface area contributed by atoms with Crippen LogP contribution in [0, 0.1) is 31.3 Å². The number of halogens is 3. The van der Waals surface area contributed by atoms with Gasteiger partial charge in [0.2, 0.25) is 11.8 Å². The summed E-state index contributed by atoms with van der Waals surface area (Å²) < 4.78 is 46.5. The Labute approximate surface area is 157 Å². The van der Waals surface area contributed by atoms with Crippen molar-refractivity contribution in [3.05, 3.63) is 69.0 Å². The Morgan fingerprint density at radius 1 is 1.07 bits per heavy atom. The standard InChI is InChI=1S/C18H16F3N5O2/c1-9-14(4-5-15(22-9)28-3)23-18-24-17(27)10(2)25-26(18)8-11-6-12(19)16(21)13(20)7-11/h4-7H,8H2,1-3H3,(H,23,24,27). The first-order valence-corrected chi connectivity index (χ1v) is 8.16. The molecule has 0 radical (unpaired) electrons. The number of anilines is 2. The normalized spacial score (nSPS) is 10.8. The van der Waals surface area contributed by atoms with Crippen LogP contribution in [-0.2, 0) is 6.54 Å². The van der Waals surface area contributed by atoms with Crippen LogP contribution in [0.3, 0.4) is 0 Å². The summed E-state index contributed by atoms with van der Waals surface area (Å²) in [4.78, 5) is 20.1. The lowest BCUT2D eigenvalue weighted by Crippen LogP contribution is -2.23. The summed E-state index contributed by atoms with van der Waals surface area (Å²) >= 11 is 0. The lowest BCUT2D eigenvalue weighted by atomic mass is 10.2. The number of methoxy groups -OCH3 is 1. The minimum absolute atomic E-state index is 0.0378. The van der Waals surface area contributed by atoms with Crippen LogP contribution >= 0.6 is 0 Å². The average molecular weight is 391 g/mol. The van der Waals surface area contributed by atoms with Crippen molar-refractivity contribution in [2.75, 3.05) is 12.4 Å². The number of pyridine rings is 1. The number of aromatic nitrogens is 4. The highest BCUT2D eigenvalue weighted by atomic mass is 19.2. The van der Waals surface area contributed by atoms with Crippen molar-refractivity contribution < 1.29 is 17.9 Å². The fourth-order valence-electron chi connectivity index (χ4n) is 2.49. The Kier molecular flexibility index (Phi) is 5.30. The Balaban J connectivity index is 2.00. The highest BCUT2D eigenvalue weighted by Crippen LogP contribution is 2.21. The van der Waals surface area contributed by atoms with Crippen molar-refractivity contribution in [1.82, 2.24) is 19.7 Å². The molecule has 146 valence electrons. The first-order valence-electron chi connectivity index (χ1n) is 8.16. The number of ether oxygens (including phenoxy) is 1. The number of hydrogen-bond donors (Lipinski definition) is 1. The van der Waals surface area contributed by atoms with Gasteiger partial charge in [0.15, 0.2) is 17.5 Å². The second-order valence-corrected chi connectivity index (χ2v) is 5.97. The molecule has 7 nitrogen and oxygen atoms in total. The quantitative estimate of drug-likeness (QED) is 0.674. The van der Waals surface area contributed by atoms with Gasteiger partial charge in [-0.2, -0.15) is 10.1 Å². The first-order chi connectivity index (χ1) is 13.3. The van der Waals surface area contributed by atoms with Gasteiger partial charge in [0.25, 0.3) is 5.56 Å². The van der Waals surface area contributed by atoms with E-state index in [1.807, 2.05) is 0 Å². The molecule has 0 unspecified atom stereocenters. The largest absolute Gasteiger partial charge is 0.481 e. The summed E-state index contributed by atoms with van der Waals surface area (Å²) in [5.41, 5.74) is 0.747. The van der Waals surface area contributed by atoms with Crippen molar-refractivity contribution in [3.63, 3.8) is 0 Å². The van der Waals surface area contributed by atoms with E-state index in [0.717, 1.165) is 12.1 Å². The molecule has 28 heavy (non-hydrogen) atoms. The van der Waals surface area contributed by atoms with Crippen LogP contribution in [0.1, 0.15) is 17.0 Å². The molecule has 0 atom stereocenters. The fraction of sp³-hybridized carbons (Fsp3) is 0.222. The predicted molar refractivity (Wildman–Crippen MR) is 95.3 cm³/mol. The predicted octanol–water partition coefficient (Wildman–Crippen LogP) is 2.87. The van der Waals surface area contributed by atoms with Gasteiger partial charge in [0.1, 0.15) is 5.69 Å².